The molecule has 0 heterocycles. The molecule has 138 valence electrons. The van der Waals surface area contributed by atoms with Gasteiger partial charge in [0, 0.05) is 5.69 Å². The molecule has 6 heteroatoms. The van der Waals surface area contributed by atoms with E-state index in [4.69, 9.17) is 14.2 Å². The molecule has 0 bridgehead atoms. The molecular weight excluding hydrogens is 334 g/mol. The number of methoxy groups -OCH3 is 1. The highest BCUT2D eigenvalue weighted by atomic mass is 16.6. The van der Waals surface area contributed by atoms with Crippen molar-refractivity contribution in [2.45, 2.75) is 20.3 Å². The van der Waals surface area contributed by atoms with Crippen LogP contribution in [0.5, 0.6) is 11.5 Å². The number of aryl methyl sites for hydroxylation is 2. The van der Waals surface area contributed by atoms with E-state index in [-0.39, 0.29) is 13.2 Å². The minimum Gasteiger partial charge on any atom is -0.493 e. The molecule has 0 aliphatic rings. The van der Waals surface area contributed by atoms with Crippen molar-refractivity contribution >= 4 is 17.6 Å². The van der Waals surface area contributed by atoms with E-state index in [1.165, 1.54) is 7.11 Å². The Balaban J connectivity index is 1.80. The lowest BCUT2D eigenvalue weighted by Crippen LogP contribution is -2.24. The number of ether oxygens (including phenoxy) is 3. The van der Waals surface area contributed by atoms with Crippen LogP contribution < -0.4 is 14.8 Å². The van der Waals surface area contributed by atoms with Gasteiger partial charge in [0.25, 0.3) is 5.91 Å². The molecule has 0 aromatic heterocycles. The minimum absolute atomic E-state index is 0.307. The van der Waals surface area contributed by atoms with Crippen LogP contribution in [0.15, 0.2) is 42.5 Å². The van der Waals surface area contributed by atoms with Crippen molar-refractivity contribution in [2.24, 2.45) is 0 Å². The SMILES string of the molecule is CCc1ccccc1NC(=O)COC(=O)COc1ccc(C)cc1OC. The van der Waals surface area contributed by atoms with Crippen molar-refractivity contribution in [1.29, 1.82) is 0 Å². The molecule has 26 heavy (non-hydrogen) atoms. The molecular formula is C20H23NO5. The molecule has 0 atom stereocenters. The normalized spacial score (nSPS) is 10.1. The molecule has 0 saturated heterocycles. The molecule has 0 aliphatic carbocycles. The summed E-state index contributed by atoms with van der Waals surface area (Å²) in [6, 6.07) is 12.9. The topological polar surface area (TPSA) is 73.9 Å². The molecule has 0 fully saturated rings. The monoisotopic (exact) mass is 357 g/mol. The van der Waals surface area contributed by atoms with Crippen LogP contribution in [0.4, 0.5) is 5.69 Å². The number of benzene rings is 2. The fourth-order valence-corrected chi connectivity index (χ4v) is 2.36. The lowest BCUT2D eigenvalue weighted by Gasteiger charge is -2.12. The quantitative estimate of drug-likeness (QED) is 0.735. The molecule has 0 radical (unpaired) electrons. The van der Waals surface area contributed by atoms with Crippen molar-refractivity contribution in [3.8, 4) is 11.5 Å². The number of esters is 1. The lowest BCUT2D eigenvalue weighted by atomic mass is 10.1. The molecule has 2 aromatic carbocycles. The van der Waals surface area contributed by atoms with Gasteiger partial charge in [-0.15, -0.1) is 0 Å². The van der Waals surface area contributed by atoms with E-state index in [1.807, 2.05) is 44.2 Å². The van der Waals surface area contributed by atoms with Gasteiger partial charge in [0.05, 0.1) is 7.11 Å². The standard InChI is InChI=1S/C20H23NO5/c1-4-15-7-5-6-8-16(15)21-19(22)12-26-20(23)13-25-17-10-9-14(2)11-18(17)24-3/h5-11H,4,12-13H2,1-3H3,(H,21,22). The van der Waals surface area contributed by atoms with E-state index >= 15 is 0 Å². The van der Waals surface area contributed by atoms with Crippen LogP contribution in [0.1, 0.15) is 18.1 Å². The summed E-state index contributed by atoms with van der Waals surface area (Å²) in [7, 11) is 1.53. The van der Waals surface area contributed by atoms with E-state index in [1.54, 1.807) is 12.1 Å². The second kappa shape index (κ2) is 9.46. The molecule has 0 unspecified atom stereocenters. The highest BCUT2D eigenvalue weighted by molar-refractivity contribution is 5.93. The zero-order valence-electron chi connectivity index (χ0n) is 15.2. The summed E-state index contributed by atoms with van der Waals surface area (Å²) in [6.07, 6.45) is 0.794. The fraction of sp³-hybridized carbons (Fsp3) is 0.300. The number of anilines is 1. The molecule has 0 spiro atoms. The maximum absolute atomic E-state index is 11.9. The Morgan fingerprint density at radius 1 is 1.04 bits per heavy atom. The van der Waals surface area contributed by atoms with Crippen LogP contribution in [-0.4, -0.2) is 32.2 Å². The lowest BCUT2D eigenvalue weighted by molar-refractivity contribution is -0.149. The molecule has 0 saturated carbocycles. The van der Waals surface area contributed by atoms with Crippen LogP contribution >= 0.6 is 0 Å². The van der Waals surface area contributed by atoms with E-state index in [0.717, 1.165) is 23.2 Å². The van der Waals surface area contributed by atoms with Gasteiger partial charge in [-0.1, -0.05) is 31.2 Å². The van der Waals surface area contributed by atoms with Crippen LogP contribution in [-0.2, 0) is 20.7 Å². The fourth-order valence-electron chi connectivity index (χ4n) is 2.36. The number of amides is 1. The van der Waals surface area contributed by atoms with Gasteiger partial charge >= 0.3 is 5.97 Å². The van der Waals surface area contributed by atoms with Crippen LogP contribution in [0, 0.1) is 6.92 Å². The van der Waals surface area contributed by atoms with E-state index < -0.39 is 11.9 Å². The summed E-state index contributed by atoms with van der Waals surface area (Å²) < 4.78 is 15.6. The smallest absolute Gasteiger partial charge is 0.344 e. The maximum atomic E-state index is 11.9. The van der Waals surface area contributed by atoms with Crippen molar-refractivity contribution in [2.75, 3.05) is 25.6 Å². The second-order valence-electron chi connectivity index (χ2n) is 5.66. The first-order chi connectivity index (χ1) is 12.5. The third kappa shape index (κ3) is 5.51. The Bertz CT molecular complexity index is 773. The molecule has 1 N–H and O–H groups in total. The molecule has 0 aliphatic heterocycles. The van der Waals surface area contributed by atoms with Gasteiger partial charge in [-0.05, 0) is 42.7 Å². The number of hydrogen-bond donors (Lipinski definition) is 1. The average Bonchev–Trinajstić information content (AvgIpc) is 2.65. The van der Waals surface area contributed by atoms with Crippen LogP contribution in [0.3, 0.4) is 0 Å². The Morgan fingerprint density at radius 2 is 1.81 bits per heavy atom. The predicted octanol–water partition coefficient (Wildman–Crippen LogP) is 3.13. The van der Waals surface area contributed by atoms with Crippen molar-refractivity contribution in [1.82, 2.24) is 0 Å². The zero-order valence-corrected chi connectivity index (χ0v) is 15.2. The Morgan fingerprint density at radius 3 is 2.54 bits per heavy atom. The number of rotatable bonds is 8. The first kappa shape index (κ1) is 19.3. The first-order valence-corrected chi connectivity index (χ1v) is 8.34. The van der Waals surface area contributed by atoms with Gasteiger partial charge in [0.15, 0.2) is 24.7 Å². The highest BCUT2D eigenvalue weighted by Crippen LogP contribution is 2.27. The number of carbonyl (C=O) groups is 2. The maximum Gasteiger partial charge on any atom is 0.344 e. The number of para-hydroxylation sites is 1. The van der Waals surface area contributed by atoms with Crippen LogP contribution in [0.2, 0.25) is 0 Å². The third-order valence-electron chi connectivity index (χ3n) is 3.70. The van der Waals surface area contributed by atoms with E-state index in [9.17, 15) is 9.59 Å². The Kier molecular flexibility index (Phi) is 7.02. The van der Waals surface area contributed by atoms with Crippen molar-refractivity contribution in [3.63, 3.8) is 0 Å². The first-order valence-electron chi connectivity index (χ1n) is 8.34. The van der Waals surface area contributed by atoms with Gasteiger partial charge < -0.3 is 19.5 Å². The van der Waals surface area contributed by atoms with Gasteiger partial charge in [-0.2, -0.15) is 0 Å². The zero-order chi connectivity index (χ0) is 18.9. The number of hydrogen-bond acceptors (Lipinski definition) is 5. The Hall–Kier alpha value is -3.02. The van der Waals surface area contributed by atoms with E-state index in [2.05, 4.69) is 5.32 Å². The number of nitrogens with one attached hydrogen (secondary N) is 1. The summed E-state index contributed by atoms with van der Waals surface area (Å²) in [4.78, 5) is 23.7. The van der Waals surface area contributed by atoms with Crippen LogP contribution in [0.25, 0.3) is 0 Å². The molecule has 6 nitrogen and oxygen atoms in total. The average molecular weight is 357 g/mol. The van der Waals surface area contributed by atoms with Gasteiger partial charge in [-0.25, -0.2) is 4.79 Å². The van der Waals surface area contributed by atoms with Gasteiger partial charge in [-0.3, -0.25) is 4.79 Å². The predicted molar refractivity (Wildman–Crippen MR) is 98.6 cm³/mol. The summed E-state index contributed by atoms with van der Waals surface area (Å²) >= 11 is 0. The Labute approximate surface area is 153 Å². The summed E-state index contributed by atoms with van der Waals surface area (Å²) in [5.41, 5.74) is 2.75. The largest absolute Gasteiger partial charge is 0.493 e. The molecule has 2 aromatic rings. The van der Waals surface area contributed by atoms with Gasteiger partial charge in [0.2, 0.25) is 0 Å². The third-order valence-corrected chi connectivity index (χ3v) is 3.70. The summed E-state index contributed by atoms with van der Waals surface area (Å²) in [5, 5.41) is 2.74. The van der Waals surface area contributed by atoms with Crippen molar-refractivity contribution in [3.05, 3.63) is 53.6 Å². The molecule has 2 rings (SSSR count). The highest BCUT2D eigenvalue weighted by Gasteiger charge is 2.12. The van der Waals surface area contributed by atoms with Crippen molar-refractivity contribution < 1.29 is 23.8 Å². The minimum atomic E-state index is -0.633. The van der Waals surface area contributed by atoms with Gasteiger partial charge in [0.1, 0.15) is 0 Å². The summed E-state index contributed by atoms with van der Waals surface area (Å²) in [6.45, 7) is 3.25. The molecule has 1 amide bonds. The van der Waals surface area contributed by atoms with E-state index in [0.29, 0.717) is 11.5 Å². The number of carbonyl (C=O) groups excluding carboxylic acids is 2. The second-order valence-corrected chi connectivity index (χ2v) is 5.66. The summed E-state index contributed by atoms with van der Waals surface area (Å²) in [5.74, 6) is -0.0539.